The van der Waals surface area contributed by atoms with Gasteiger partial charge in [-0.1, -0.05) is 29.4 Å². The standard InChI is InChI=1S/C20H20N4O5S/c1-13(25)15-8-10-16(11-9-15)30(27,28)24(3)12-19(26)22-18-7-5-4-6-17(18)20-21-14(2)29-23-20/h4-11H,12H2,1-3H3,(H,22,26). The zero-order valence-electron chi connectivity index (χ0n) is 16.6. The predicted octanol–water partition coefficient (Wildman–Crippen LogP) is 2.51. The Bertz CT molecular complexity index is 1190. The molecule has 1 amide bonds. The smallest absolute Gasteiger partial charge is 0.243 e. The summed E-state index contributed by atoms with van der Waals surface area (Å²) >= 11 is 0. The van der Waals surface area contributed by atoms with Gasteiger partial charge in [0.25, 0.3) is 0 Å². The molecule has 30 heavy (non-hydrogen) atoms. The Balaban J connectivity index is 1.74. The first-order valence-corrected chi connectivity index (χ1v) is 10.4. The molecular formula is C20H20N4O5S. The number of anilines is 1. The van der Waals surface area contributed by atoms with E-state index in [0.717, 1.165) is 4.31 Å². The van der Waals surface area contributed by atoms with Crippen molar-refractivity contribution in [1.29, 1.82) is 0 Å². The van der Waals surface area contributed by atoms with Crippen LogP contribution < -0.4 is 5.32 Å². The van der Waals surface area contributed by atoms with Crippen molar-refractivity contribution in [3.63, 3.8) is 0 Å². The quantitative estimate of drug-likeness (QED) is 0.574. The van der Waals surface area contributed by atoms with E-state index in [0.29, 0.717) is 28.5 Å². The van der Waals surface area contributed by atoms with Crippen LogP contribution in [0.3, 0.4) is 0 Å². The molecule has 0 aliphatic rings. The summed E-state index contributed by atoms with van der Waals surface area (Å²) in [4.78, 5) is 28.0. The van der Waals surface area contributed by atoms with Gasteiger partial charge in [-0.05, 0) is 31.2 Å². The van der Waals surface area contributed by atoms with Gasteiger partial charge in [-0.15, -0.1) is 0 Å². The number of nitrogens with zero attached hydrogens (tertiary/aromatic N) is 3. The van der Waals surface area contributed by atoms with Gasteiger partial charge < -0.3 is 9.84 Å². The molecule has 2 aromatic carbocycles. The molecule has 0 saturated carbocycles. The first kappa shape index (κ1) is 21.3. The molecule has 9 nitrogen and oxygen atoms in total. The van der Waals surface area contributed by atoms with Crippen LogP contribution in [0.1, 0.15) is 23.2 Å². The van der Waals surface area contributed by atoms with Crippen LogP contribution >= 0.6 is 0 Å². The normalized spacial score (nSPS) is 11.5. The number of likely N-dealkylation sites (N-methyl/N-ethyl adjacent to an activating group) is 1. The number of carbonyl (C=O) groups excluding carboxylic acids is 2. The molecule has 0 radical (unpaired) electrons. The lowest BCUT2D eigenvalue weighted by atomic mass is 10.1. The summed E-state index contributed by atoms with van der Waals surface area (Å²) in [5.74, 6) is -0.000996. The fraction of sp³-hybridized carbons (Fsp3) is 0.200. The molecule has 0 unspecified atom stereocenters. The number of hydrogen-bond donors (Lipinski definition) is 1. The van der Waals surface area contributed by atoms with E-state index in [1.54, 1.807) is 31.2 Å². The second-order valence-corrected chi connectivity index (χ2v) is 8.62. The van der Waals surface area contributed by atoms with Crippen molar-refractivity contribution in [3.8, 4) is 11.4 Å². The number of aromatic nitrogens is 2. The summed E-state index contributed by atoms with van der Waals surface area (Å²) in [5, 5.41) is 6.53. The largest absolute Gasteiger partial charge is 0.339 e. The number of rotatable bonds is 7. The van der Waals surface area contributed by atoms with Gasteiger partial charge in [-0.2, -0.15) is 9.29 Å². The summed E-state index contributed by atoms with van der Waals surface area (Å²) in [6.45, 7) is 2.64. The third kappa shape index (κ3) is 4.61. The molecule has 1 N–H and O–H groups in total. The Morgan fingerprint density at radius 2 is 1.77 bits per heavy atom. The summed E-state index contributed by atoms with van der Waals surface area (Å²) < 4.78 is 31.4. The van der Waals surface area contributed by atoms with E-state index in [1.807, 2.05) is 0 Å². The van der Waals surface area contributed by atoms with Crippen LogP contribution in [0.5, 0.6) is 0 Å². The number of ketones is 1. The van der Waals surface area contributed by atoms with E-state index >= 15 is 0 Å². The van der Waals surface area contributed by atoms with Crippen LogP contribution in [0.15, 0.2) is 57.9 Å². The Morgan fingerprint density at radius 3 is 2.37 bits per heavy atom. The lowest BCUT2D eigenvalue weighted by molar-refractivity contribution is -0.116. The maximum absolute atomic E-state index is 12.7. The van der Waals surface area contributed by atoms with Crippen LogP contribution in [0, 0.1) is 6.92 Å². The monoisotopic (exact) mass is 428 g/mol. The van der Waals surface area contributed by atoms with Crippen molar-refractivity contribution < 1.29 is 22.5 Å². The zero-order valence-corrected chi connectivity index (χ0v) is 17.4. The van der Waals surface area contributed by atoms with E-state index in [-0.39, 0.29) is 10.7 Å². The average Bonchev–Trinajstić information content (AvgIpc) is 3.14. The molecule has 3 rings (SSSR count). The molecule has 1 aromatic heterocycles. The Morgan fingerprint density at radius 1 is 1.10 bits per heavy atom. The molecule has 0 aliphatic carbocycles. The molecule has 0 spiro atoms. The molecule has 0 saturated heterocycles. The number of Topliss-reactive ketones (excluding diaryl/α,β-unsaturated/α-hetero) is 1. The van der Waals surface area contributed by atoms with Gasteiger partial charge >= 0.3 is 0 Å². The second-order valence-electron chi connectivity index (χ2n) is 6.57. The number of benzene rings is 2. The molecule has 0 aliphatic heterocycles. The molecule has 156 valence electrons. The minimum atomic E-state index is -3.91. The molecular weight excluding hydrogens is 408 g/mol. The molecule has 10 heteroatoms. The summed E-state index contributed by atoms with van der Waals surface area (Å²) in [6, 6.07) is 12.4. The SMILES string of the molecule is CC(=O)c1ccc(S(=O)(=O)N(C)CC(=O)Nc2ccccc2-c2noc(C)n2)cc1. The van der Waals surface area contributed by atoms with Crippen molar-refractivity contribution in [2.24, 2.45) is 0 Å². The van der Waals surface area contributed by atoms with Crippen LogP contribution in [-0.2, 0) is 14.8 Å². The van der Waals surface area contributed by atoms with Crippen LogP contribution in [0.4, 0.5) is 5.69 Å². The van der Waals surface area contributed by atoms with Crippen molar-refractivity contribution in [2.45, 2.75) is 18.7 Å². The van der Waals surface area contributed by atoms with Crippen molar-refractivity contribution in [3.05, 3.63) is 60.0 Å². The summed E-state index contributed by atoms with van der Waals surface area (Å²) in [7, 11) is -2.60. The minimum absolute atomic E-state index is 0.00882. The minimum Gasteiger partial charge on any atom is -0.339 e. The van der Waals surface area contributed by atoms with Gasteiger partial charge in [0.05, 0.1) is 17.1 Å². The number of aryl methyl sites for hydroxylation is 1. The first-order valence-electron chi connectivity index (χ1n) is 8.95. The summed E-state index contributed by atoms with van der Waals surface area (Å²) in [6.07, 6.45) is 0. The predicted molar refractivity (Wildman–Crippen MR) is 109 cm³/mol. The number of sulfonamides is 1. The first-order chi connectivity index (χ1) is 14.2. The van der Waals surface area contributed by atoms with Crippen molar-refractivity contribution >= 4 is 27.4 Å². The Hall–Kier alpha value is -3.37. The lowest BCUT2D eigenvalue weighted by Crippen LogP contribution is -2.35. The van der Waals surface area contributed by atoms with E-state index in [1.165, 1.54) is 38.2 Å². The molecule has 0 atom stereocenters. The lowest BCUT2D eigenvalue weighted by Gasteiger charge is -2.17. The van der Waals surface area contributed by atoms with Gasteiger partial charge in [-0.3, -0.25) is 9.59 Å². The van der Waals surface area contributed by atoms with E-state index in [4.69, 9.17) is 4.52 Å². The maximum Gasteiger partial charge on any atom is 0.243 e. The number of para-hydroxylation sites is 1. The molecule has 0 bridgehead atoms. The van der Waals surface area contributed by atoms with Gasteiger partial charge in [0.2, 0.25) is 27.6 Å². The van der Waals surface area contributed by atoms with Crippen molar-refractivity contribution in [2.75, 3.05) is 18.9 Å². The third-order valence-corrected chi connectivity index (χ3v) is 6.12. The highest BCUT2D eigenvalue weighted by Crippen LogP contribution is 2.25. The van der Waals surface area contributed by atoms with Crippen LogP contribution in [0.2, 0.25) is 0 Å². The van der Waals surface area contributed by atoms with Gasteiger partial charge in [0, 0.05) is 25.1 Å². The van der Waals surface area contributed by atoms with E-state index in [9.17, 15) is 18.0 Å². The fourth-order valence-electron chi connectivity index (χ4n) is 2.71. The Labute approximate surface area is 173 Å². The highest BCUT2D eigenvalue weighted by Gasteiger charge is 2.23. The molecule has 0 fully saturated rings. The number of carbonyl (C=O) groups is 2. The molecule has 3 aromatic rings. The fourth-order valence-corrected chi connectivity index (χ4v) is 3.84. The number of nitrogens with one attached hydrogen (secondary N) is 1. The Kier molecular flexibility index (Phi) is 6.09. The number of amides is 1. The number of hydrogen-bond acceptors (Lipinski definition) is 7. The second kappa shape index (κ2) is 8.56. The third-order valence-electron chi connectivity index (χ3n) is 4.30. The van der Waals surface area contributed by atoms with E-state index < -0.39 is 22.5 Å². The maximum atomic E-state index is 12.7. The van der Waals surface area contributed by atoms with E-state index in [2.05, 4.69) is 15.5 Å². The van der Waals surface area contributed by atoms with Crippen LogP contribution in [-0.4, -0.2) is 48.1 Å². The zero-order chi connectivity index (χ0) is 21.9. The summed E-state index contributed by atoms with van der Waals surface area (Å²) in [5.41, 5.74) is 1.38. The topological polar surface area (TPSA) is 122 Å². The van der Waals surface area contributed by atoms with Gasteiger partial charge in [0.15, 0.2) is 5.78 Å². The highest BCUT2D eigenvalue weighted by molar-refractivity contribution is 7.89. The van der Waals surface area contributed by atoms with Gasteiger partial charge in [0.1, 0.15) is 0 Å². The van der Waals surface area contributed by atoms with Crippen LogP contribution in [0.25, 0.3) is 11.4 Å². The average molecular weight is 428 g/mol. The molecule has 1 heterocycles. The van der Waals surface area contributed by atoms with Crippen molar-refractivity contribution in [1.82, 2.24) is 14.4 Å². The highest BCUT2D eigenvalue weighted by atomic mass is 32.2. The van der Waals surface area contributed by atoms with Gasteiger partial charge in [-0.25, -0.2) is 8.42 Å².